The highest BCUT2D eigenvalue weighted by Gasteiger charge is 2.20. The van der Waals surface area contributed by atoms with E-state index in [-0.39, 0.29) is 24.3 Å². The van der Waals surface area contributed by atoms with Crippen LogP contribution in [0.3, 0.4) is 0 Å². The fourth-order valence-corrected chi connectivity index (χ4v) is 3.08. The van der Waals surface area contributed by atoms with Gasteiger partial charge in [-0.2, -0.15) is 0 Å². The Hall–Kier alpha value is -1.51. The first-order chi connectivity index (χ1) is 8.85. The van der Waals surface area contributed by atoms with Gasteiger partial charge in [0.25, 0.3) is 5.69 Å². The molecule has 0 saturated heterocycles. The van der Waals surface area contributed by atoms with Crippen LogP contribution in [0, 0.1) is 10.1 Å². The fraction of sp³-hybridized carbons (Fsp3) is 0.455. The molecular weight excluding hydrogens is 272 g/mol. The van der Waals surface area contributed by atoms with Crippen molar-refractivity contribution < 1.29 is 18.4 Å². The Morgan fingerprint density at radius 1 is 1.42 bits per heavy atom. The number of nitro benzene ring substituents is 1. The van der Waals surface area contributed by atoms with E-state index in [0.717, 1.165) is 0 Å². The monoisotopic (exact) mass is 288 g/mol. The summed E-state index contributed by atoms with van der Waals surface area (Å²) in [5, 5.41) is 19.5. The molecule has 0 heterocycles. The molecule has 1 aromatic carbocycles. The number of rotatable bonds is 7. The van der Waals surface area contributed by atoms with Crippen molar-refractivity contribution in [3.05, 3.63) is 39.9 Å². The molecule has 2 N–H and O–H groups in total. The zero-order valence-electron chi connectivity index (χ0n) is 10.4. The Morgan fingerprint density at radius 2 is 2.05 bits per heavy atom. The van der Waals surface area contributed by atoms with Crippen molar-refractivity contribution in [2.75, 3.05) is 6.61 Å². The average molecular weight is 288 g/mol. The Balaban J connectivity index is 2.87. The molecule has 1 rings (SSSR count). The third-order valence-corrected chi connectivity index (χ3v) is 3.93. The van der Waals surface area contributed by atoms with Crippen LogP contribution in [-0.4, -0.2) is 31.1 Å². The van der Waals surface area contributed by atoms with E-state index in [1.807, 2.05) is 0 Å². The van der Waals surface area contributed by atoms with Crippen LogP contribution in [0.2, 0.25) is 0 Å². The van der Waals surface area contributed by atoms with Crippen molar-refractivity contribution in [1.82, 2.24) is 4.72 Å². The molecule has 0 amide bonds. The van der Waals surface area contributed by atoms with Gasteiger partial charge in [0, 0.05) is 24.3 Å². The smallest absolute Gasteiger partial charge is 0.273 e. The molecular formula is C11H16N2O5S. The lowest BCUT2D eigenvalue weighted by atomic mass is 10.2. The molecule has 8 heteroatoms. The van der Waals surface area contributed by atoms with E-state index in [1.165, 1.54) is 18.2 Å². The van der Waals surface area contributed by atoms with E-state index >= 15 is 0 Å². The van der Waals surface area contributed by atoms with E-state index in [0.29, 0.717) is 0 Å². The molecule has 0 radical (unpaired) electrons. The SMILES string of the molecule is CC(CCO)NS(=O)(=O)Cc1ccccc1[N+](=O)[O-]. The van der Waals surface area contributed by atoms with Crippen LogP contribution in [0.25, 0.3) is 0 Å². The Morgan fingerprint density at radius 3 is 2.63 bits per heavy atom. The molecule has 0 aliphatic carbocycles. The van der Waals surface area contributed by atoms with Gasteiger partial charge in [-0.3, -0.25) is 10.1 Å². The average Bonchev–Trinajstić information content (AvgIpc) is 2.28. The van der Waals surface area contributed by atoms with Gasteiger partial charge in [0.05, 0.1) is 10.7 Å². The second-order valence-electron chi connectivity index (χ2n) is 4.18. The van der Waals surface area contributed by atoms with Gasteiger partial charge in [-0.15, -0.1) is 0 Å². The molecule has 0 saturated carbocycles. The number of sulfonamides is 1. The van der Waals surface area contributed by atoms with Gasteiger partial charge >= 0.3 is 0 Å². The number of aliphatic hydroxyl groups is 1. The first-order valence-corrected chi connectivity index (χ1v) is 7.34. The Kier molecular flexibility index (Phi) is 5.40. The van der Waals surface area contributed by atoms with E-state index < -0.39 is 26.7 Å². The van der Waals surface area contributed by atoms with Crippen molar-refractivity contribution in [2.45, 2.75) is 25.1 Å². The molecule has 0 fully saturated rings. The summed E-state index contributed by atoms with van der Waals surface area (Å²) in [6, 6.07) is 5.29. The van der Waals surface area contributed by atoms with E-state index in [4.69, 9.17) is 5.11 Å². The minimum absolute atomic E-state index is 0.130. The van der Waals surface area contributed by atoms with Gasteiger partial charge in [0.15, 0.2) is 0 Å². The van der Waals surface area contributed by atoms with E-state index in [1.54, 1.807) is 13.0 Å². The molecule has 0 bridgehead atoms. The van der Waals surface area contributed by atoms with Crippen LogP contribution < -0.4 is 4.72 Å². The highest BCUT2D eigenvalue weighted by molar-refractivity contribution is 7.88. The highest BCUT2D eigenvalue weighted by Crippen LogP contribution is 2.19. The third-order valence-electron chi connectivity index (χ3n) is 2.48. The predicted octanol–water partition coefficient (Wildman–Crippen LogP) is 0.785. The molecule has 1 aromatic rings. The number of nitrogens with one attached hydrogen (secondary N) is 1. The van der Waals surface area contributed by atoms with Crippen molar-refractivity contribution in [3.8, 4) is 0 Å². The predicted molar refractivity (Wildman–Crippen MR) is 70.0 cm³/mol. The Labute approximate surface area is 111 Å². The minimum atomic E-state index is -3.68. The third kappa shape index (κ3) is 4.93. The lowest BCUT2D eigenvalue weighted by Crippen LogP contribution is -2.34. The molecule has 0 spiro atoms. The maximum atomic E-state index is 11.8. The van der Waals surface area contributed by atoms with Gasteiger partial charge in [0.1, 0.15) is 0 Å². The quantitative estimate of drug-likeness (QED) is 0.569. The van der Waals surface area contributed by atoms with Crippen molar-refractivity contribution in [2.24, 2.45) is 0 Å². The summed E-state index contributed by atoms with van der Waals surface area (Å²) in [5.41, 5.74) is -0.0844. The van der Waals surface area contributed by atoms with E-state index in [2.05, 4.69) is 4.72 Å². The topological polar surface area (TPSA) is 110 Å². The summed E-state index contributed by atoms with van der Waals surface area (Å²) in [7, 11) is -3.68. The molecule has 106 valence electrons. The standard InChI is InChI=1S/C11H16N2O5S/c1-9(6-7-14)12-19(17,18)8-10-4-2-3-5-11(10)13(15)16/h2-5,9,12,14H,6-8H2,1H3. The molecule has 19 heavy (non-hydrogen) atoms. The normalized spacial score (nSPS) is 13.2. The molecule has 7 nitrogen and oxygen atoms in total. The summed E-state index contributed by atoms with van der Waals surface area (Å²) in [6.07, 6.45) is 0.288. The Bertz CT molecular complexity index is 544. The first kappa shape index (κ1) is 15.5. The number of hydrogen-bond donors (Lipinski definition) is 2. The molecule has 0 aliphatic rings. The second kappa shape index (κ2) is 6.60. The minimum Gasteiger partial charge on any atom is -0.396 e. The van der Waals surface area contributed by atoms with Crippen molar-refractivity contribution in [3.63, 3.8) is 0 Å². The van der Waals surface area contributed by atoms with Crippen molar-refractivity contribution in [1.29, 1.82) is 0 Å². The van der Waals surface area contributed by atoms with Crippen LogP contribution in [0.5, 0.6) is 0 Å². The number of hydrogen-bond acceptors (Lipinski definition) is 5. The molecule has 0 aromatic heterocycles. The van der Waals surface area contributed by atoms with Crippen molar-refractivity contribution >= 4 is 15.7 Å². The maximum absolute atomic E-state index is 11.8. The van der Waals surface area contributed by atoms with E-state index in [9.17, 15) is 18.5 Å². The summed E-state index contributed by atoms with van der Waals surface area (Å²) in [5.74, 6) is -0.458. The number of nitrogens with zero attached hydrogens (tertiary/aromatic N) is 1. The van der Waals surface area contributed by atoms with Crippen LogP contribution in [-0.2, 0) is 15.8 Å². The molecule has 0 aliphatic heterocycles. The lowest BCUT2D eigenvalue weighted by molar-refractivity contribution is -0.385. The zero-order chi connectivity index (χ0) is 14.5. The van der Waals surface area contributed by atoms with Gasteiger partial charge < -0.3 is 5.11 Å². The number of nitro groups is 1. The molecule has 1 atom stereocenters. The summed E-state index contributed by atoms with van der Waals surface area (Å²) < 4.78 is 26.1. The van der Waals surface area contributed by atoms with Gasteiger partial charge in [-0.1, -0.05) is 18.2 Å². The summed E-state index contributed by atoms with van der Waals surface area (Å²) in [6.45, 7) is 1.49. The van der Waals surface area contributed by atoms with Gasteiger partial charge in [-0.25, -0.2) is 13.1 Å². The number of benzene rings is 1. The lowest BCUT2D eigenvalue weighted by Gasteiger charge is -2.12. The van der Waals surface area contributed by atoms with Gasteiger partial charge in [0.2, 0.25) is 10.0 Å². The van der Waals surface area contributed by atoms with Crippen LogP contribution in [0.1, 0.15) is 18.9 Å². The summed E-state index contributed by atoms with van der Waals surface area (Å²) in [4.78, 5) is 10.2. The highest BCUT2D eigenvalue weighted by atomic mass is 32.2. The van der Waals surface area contributed by atoms with Crippen LogP contribution >= 0.6 is 0 Å². The summed E-state index contributed by atoms with van der Waals surface area (Å²) >= 11 is 0. The van der Waals surface area contributed by atoms with Gasteiger partial charge in [-0.05, 0) is 13.3 Å². The second-order valence-corrected chi connectivity index (χ2v) is 5.93. The van der Waals surface area contributed by atoms with Crippen LogP contribution in [0.15, 0.2) is 24.3 Å². The number of para-hydroxylation sites is 1. The largest absolute Gasteiger partial charge is 0.396 e. The van der Waals surface area contributed by atoms with Crippen LogP contribution in [0.4, 0.5) is 5.69 Å². The molecule has 1 unspecified atom stereocenters. The first-order valence-electron chi connectivity index (χ1n) is 5.69. The maximum Gasteiger partial charge on any atom is 0.273 e. The zero-order valence-corrected chi connectivity index (χ0v) is 11.3. The number of aliphatic hydroxyl groups excluding tert-OH is 1. The fourth-order valence-electron chi connectivity index (χ4n) is 1.62.